The summed E-state index contributed by atoms with van der Waals surface area (Å²) in [6.45, 7) is 6.56. The van der Waals surface area contributed by atoms with Crippen LogP contribution in [-0.4, -0.2) is 61.1 Å². The Morgan fingerprint density at radius 1 is 1.46 bits per heavy atom. The highest BCUT2D eigenvalue weighted by Crippen LogP contribution is 2.14. The molecule has 26 heavy (non-hydrogen) atoms. The highest BCUT2D eigenvalue weighted by Gasteiger charge is 2.35. The molecule has 1 aliphatic heterocycles. The largest absolute Gasteiger partial charge is 0.464 e. The summed E-state index contributed by atoms with van der Waals surface area (Å²) in [4.78, 5) is 24.4. The van der Waals surface area contributed by atoms with E-state index in [9.17, 15) is 9.59 Å². The van der Waals surface area contributed by atoms with E-state index in [1.54, 1.807) is 0 Å². The fourth-order valence-electron chi connectivity index (χ4n) is 2.56. The molecule has 0 aromatic heterocycles. The minimum atomic E-state index is -0.568. The van der Waals surface area contributed by atoms with E-state index < -0.39 is 6.04 Å². The number of carbonyl (C=O) groups excluding carboxylic acids is 2. The van der Waals surface area contributed by atoms with Crippen LogP contribution in [-0.2, 0) is 19.1 Å². The van der Waals surface area contributed by atoms with E-state index in [4.69, 9.17) is 15.2 Å². The van der Waals surface area contributed by atoms with Gasteiger partial charge in [0.15, 0.2) is 0 Å². The predicted octanol–water partition coefficient (Wildman–Crippen LogP) is 1.52. The highest BCUT2D eigenvalue weighted by atomic mass is 32.1. The van der Waals surface area contributed by atoms with Crippen LogP contribution < -0.4 is 11.2 Å². The third kappa shape index (κ3) is 8.70. The van der Waals surface area contributed by atoms with Crippen molar-refractivity contribution in [2.24, 2.45) is 11.7 Å². The lowest BCUT2D eigenvalue weighted by Gasteiger charge is -2.28. The Balaban J connectivity index is 2.32. The second-order valence-corrected chi connectivity index (χ2v) is 7.28. The summed E-state index contributed by atoms with van der Waals surface area (Å²) in [5.74, 6) is 0.711. The first-order valence-corrected chi connectivity index (χ1v) is 10.3. The molecular formula is C18H35N3O4S. The number of hydrazine groups is 1. The lowest BCUT2D eigenvalue weighted by atomic mass is 10.1. The molecule has 1 heterocycles. The van der Waals surface area contributed by atoms with E-state index in [2.05, 4.69) is 31.9 Å². The maximum absolute atomic E-state index is 12.5. The Morgan fingerprint density at radius 3 is 2.85 bits per heavy atom. The van der Waals surface area contributed by atoms with Crippen molar-refractivity contribution in [3.05, 3.63) is 0 Å². The molecule has 1 amide bonds. The molecule has 0 aliphatic carbocycles. The summed E-state index contributed by atoms with van der Waals surface area (Å²) in [7, 11) is 0. The number of ether oxygens (including phenoxy) is 2. The first kappa shape index (κ1) is 23.2. The van der Waals surface area contributed by atoms with E-state index in [0.717, 1.165) is 25.9 Å². The summed E-state index contributed by atoms with van der Waals surface area (Å²) in [5, 5.41) is 1.41. The first-order valence-electron chi connectivity index (χ1n) is 9.65. The molecule has 0 aromatic rings. The molecule has 1 rings (SSSR count). The second-order valence-electron chi connectivity index (χ2n) is 6.91. The van der Waals surface area contributed by atoms with E-state index in [1.807, 2.05) is 0 Å². The number of amides is 1. The topological polar surface area (TPSA) is 93.9 Å². The molecule has 1 saturated heterocycles. The lowest BCUT2D eigenvalue weighted by molar-refractivity contribution is -0.150. The number of rotatable bonds is 14. The zero-order chi connectivity index (χ0) is 19.4. The van der Waals surface area contributed by atoms with Crippen LogP contribution >= 0.6 is 12.6 Å². The van der Waals surface area contributed by atoms with E-state index in [-0.39, 0.29) is 17.9 Å². The van der Waals surface area contributed by atoms with Gasteiger partial charge in [-0.1, -0.05) is 20.3 Å². The molecule has 0 radical (unpaired) electrons. The van der Waals surface area contributed by atoms with Gasteiger partial charge in [0.05, 0.1) is 6.61 Å². The van der Waals surface area contributed by atoms with Crippen LogP contribution in [0.5, 0.6) is 0 Å². The first-order chi connectivity index (χ1) is 12.5. The number of nitrogens with two attached hydrogens (primary N) is 1. The van der Waals surface area contributed by atoms with Gasteiger partial charge in [-0.15, -0.1) is 0 Å². The van der Waals surface area contributed by atoms with Crippen LogP contribution in [0.4, 0.5) is 0 Å². The Bertz CT molecular complexity index is 425. The molecule has 3 N–H and O–H groups in total. The molecule has 0 bridgehead atoms. The van der Waals surface area contributed by atoms with Gasteiger partial charge in [0.1, 0.15) is 6.04 Å². The summed E-state index contributed by atoms with van der Waals surface area (Å²) in [5.41, 5.74) is 8.85. The van der Waals surface area contributed by atoms with E-state index >= 15 is 0 Å². The van der Waals surface area contributed by atoms with Gasteiger partial charge >= 0.3 is 5.97 Å². The monoisotopic (exact) mass is 389 g/mol. The van der Waals surface area contributed by atoms with Crippen molar-refractivity contribution >= 4 is 24.5 Å². The van der Waals surface area contributed by atoms with Gasteiger partial charge in [-0.25, -0.2) is 10.2 Å². The van der Waals surface area contributed by atoms with Crippen molar-refractivity contribution < 1.29 is 19.1 Å². The molecule has 7 nitrogen and oxygen atoms in total. The fraction of sp³-hybridized carbons (Fsp3) is 0.889. The van der Waals surface area contributed by atoms with Crippen molar-refractivity contribution in [3.63, 3.8) is 0 Å². The summed E-state index contributed by atoms with van der Waals surface area (Å²) in [6.07, 6.45) is 4.66. The van der Waals surface area contributed by atoms with Crippen LogP contribution in [0.1, 0.15) is 52.4 Å². The molecule has 0 spiro atoms. The number of cyclic esters (lactones) is 1. The molecule has 1 fully saturated rings. The summed E-state index contributed by atoms with van der Waals surface area (Å²) in [6, 6.07) is -0.758. The van der Waals surface area contributed by atoms with Gasteiger partial charge in [0, 0.05) is 44.4 Å². The number of hydrogen-bond donors (Lipinski definition) is 3. The zero-order valence-corrected chi connectivity index (χ0v) is 17.0. The number of unbranched alkanes of at least 4 members (excludes halogenated alkanes) is 1. The number of carbonyl (C=O) groups is 2. The molecule has 0 aromatic carbocycles. The van der Waals surface area contributed by atoms with Crippen molar-refractivity contribution in [2.45, 2.75) is 64.5 Å². The maximum atomic E-state index is 12.5. The van der Waals surface area contributed by atoms with Gasteiger partial charge in [0.25, 0.3) is 0 Å². The SMILES string of the molecule is CC[C@H](C)CCOCCCCC(=O)N(NCC(N)CS)[C@H]1CCOC1=O. The van der Waals surface area contributed by atoms with Crippen LogP contribution in [0.3, 0.4) is 0 Å². The third-order valence-electron chi connectivity index (χ3n) is 4.63. The van der Waals surface area contributed by atoms with Crippen LogP contribution in [0.15, 0.2) is 0 Å². The molecular weight excluding hydrogens is 354 g/mol. The Kier molecular flexibility index (Phi) is 11.9. The number of esters is 1. The molecule has 1 unspecified atom stereocenters. The van der Waals surface area contributed by atoms with Crippen LogP contribution in [0.25, 0.3) is 0 Å². The van der Waals surface area contributed by atoms with E-state index in [0.29, 0.717) is 44.3 Å². The van der Waals surface area contributed by atoms with Crippen molar-refractivity contribution in [1.82, 2.24) is 10.4 Å². The number of thiol groups is 1. The molecule has 8 heteroatoms. The van der Waals surface area contributed by atoms with E-state index in [1.165, 1.54) is 11.4 Å². The van der Waals surface area contributed by atoms with Gasteiger partial charge in [-0.05, 0) is 25.2 Å². The van der Waals surface area contributed by atoms with Crippen molar-refractivity contribution in [3.8, 4) is 0 Å². The van der Waals surface area contributed by atoms with Crippen molar-refractivity contribution in [2.75, 3.05) is 32.1 Å². The fourth-order valence-corrected chi connectivity index (χ4v) is 2.69. The van der Waals surface area contributed by atoms with Gasteiger partial charge in [0.2, 0.25) is 5.91 Å². The van der Waals surface area contributed by atoms with Crippen LogP contribution in [0, 0.1) is 5.92 Å². The molecule has 152 valence electrons. The summed E-state index contributed by atoms with van der Waals surface area (Å²) >= 11 is 4.14. The quantitative estimate of drug-likeness (QED) is 0.180. The smallest absolute Gasteiger partial charge is 0.330 e. The van der Waals surface area contributed by atoms with Gasteiger partial charge in [-0.2, -0.15) is 12.6 Å². The number of hydrogen-bond acceptors (Lipinski definition) is 7. The van der Waals surface area contributed by atoms with Gasteiger partial charge < -0.3 is 15.2 Å². The Hall–Kier alpha value is -0.830. The molecule has 0 saturated carbocycles. The highest BCUT2D eigenvalue weighted by molar-refractivity contribution is 7.80. The van der Waals surface area contributed by atoms with Crippen LogP contribution in [0.2, 0.25) is 0 Å². The zero-order valence-electron chi connectivity index (χ0n) is 16.1. The lowest BCUT2D eigenvalue weighted by Crippen LogP contribution is -2.54. The minimum absolute atomic E-state index is 0.111. The average Bonchev–Trinajstić information content (AvgIpc) is 3.06. The number of nitrogens with zero attached hydrogens (tertiary/aromatic N) is 1. The molecule has 3 atom stereocenters. The van der Waals surface area contributed by atoms with Crippen molar-refractivity contribution in [1.29, 1.82) is 0 Å². The third-order valence-corrected chi connectivity index (χ3v) is 5.10. The standard InChI is InChI=1S/C18H35N3O4S/c1-3-14(2)7-10-24-9-5-4-6-17(22)21(20-12-15(19)13-26)16-8-11-25-18(16)23/h14-16,20,26H,3-13,19H2,1-2H3/t14-,15?,16-/m0/s1. The number of nitrogens with one attached hydrogen (secondary N) is 1. The second kappa shape index (κ2) is 13.4. The van der Waals surface area contributed by atoms with Gasteiger partial charge in [-0.3, -0.25) is 9.80 Å². The normalized spacial score (nSPS) is 19.2. The Labute approximate surface area is 162 Å². The Morgan fingerprint density at radius 2 is 2.23 bits per heavy atom. The maximum Gasteiger partial charge on any atom is 0.330 e. The summed E-state index contributed by atoms with van der Waals surface area (Å²) < 4.78 is 10.6. The predicted molar refractivity (Wildman–Crippen MR) is 105 cm³/mol. The minimum Gasteiger partial charge on any atom is -0.464 e. The molecule has 1 aliphatic rings. The average molecular weight is 390 g/mol.